The van der Waals surface area contributed by atoms with Crippen molar-refractivity contribution in [2.24, 2.45) is 0 Å². The summed E-state index contributed by atoms with van der Waals surface area (Å²) in [6.45, 7) is 4.80. The minimum atomic E-state index is 0.304. The van der Waals surface area contributed by atoms with Gasteiger partial charge in [-0.3, -0.25) is 4.68 Å². The van der Waals surface area contributed by atoms with E-state index in [-0.39, 0.29) is 0 Å². The zero-order valence-electron chi connectivity index (χ0n) is 13.5. The van der Waals surface area contributed by atoms with Crippen LogP contribution >= 0.6 is 23.4 Å². The quantitative estimate of drug-likeness (QED) is 0.411. The van der Waals surface area contributed by atoms with E-state index in [2.05, 4.69) is 15.2 Å². The lowest BCUT2D eigenvalue weighted by atomic mass is 10.2. The minimum absolute atomic E-state index is 0.304. The van der Waals surface area contributed by atoms with Gasteiger partial charge in [0.1, 0.15) is 0 Å². The summed E-state index contributed by atoms with van der Waals surface area (Å²) in [6, 6.07) is 6.02. The van der Waals surface area contributed by atoms with Crippen molar-refractivity contribution in [3.05, 3.63) is 35.4 Å². The number of nitrogens with zero attached hydrogens (tertiary/aromatic N) is 6. The number of aryl methyl sites for hydroxylation is 2. The molecular weight excluding hydrogens is 344 g/mol. The summed E-state index contributed by atoms with van der Waals surface area (Å²) >= 11 is 7.99. The Kier molecular flexibility index (Phi) is 3.69. The molecule has 4 aromatic rings. The Hall–Kier alpha value is -2.12. The van der Waals surface area contributed by atoms with Crippen molar-refractivity contribution in [2.45, 2.75) is 25.3 Å². The number of halogens is 1. The monoisotopic (exact) mass is 358 g/mol. The first-order chi connectivity index (χ1) is 11.6. The molecule has 4 rings (SSSR count). The normalized spacial score (nSPS) is 11.7. The highest BCUT2D eigenvalue weighted by Gasteiger charge is 2.17. The van der Waals surface area contributed by atoms with Crippen LogP contribution in [0.2, 0.25) is 5.28 Å². The van der Waals surface area contributed by atoms with Gasteiger partial charge in [0.15, 0.2) is 11.5 Å². The van der Waals surface area contributed by atoms with E-state index < -0.39 is 0 Å². The van der Waals surface area contributed by atoms with Crippen molar-refractivity contribution in [3.8, 4) is 11.4 Å². The lowest BCUT2D eigenvalue weighted by Gasteiger charge is -2.04. The lowest BCUT2D eigenvalue weighted by Crippen LogP contribution is -1.95. The number of thioether (sulfide) groups is 1. The van der Waals surface area contributed by atoms with Crippen LogP contribution in [0.15, 0.2) is 29.3 Å². The van der Waals surface area contributed by atoms with Gasteiger partial charge >= 0.3 is 0 Å². The van der Waals surface area contributed by atoms with Crippen LogP contribution in [0, 0.1) is 6.92 Å². The number of fused-ring (bicyclic) bond motifs is 3. The number of benzene rings is 1. The van der Waals surface area contributed by atoms with Gasteiger partial charge in [-0.15, -0.1) is 16.9 Å². The first-order valence-corrected chi connectivity index (χ1v) is 9.16. The Labute approximate surface area is 147 Å². The third-order valence-electron chi connectivity index (χ3n) is 3.96. The number of rotatable bonds is 3. The number of hydrogen-bond acceptors (Lipinski definition) is 5. The molecule has 8 heteroatoms. The van der Waals surface area contributed by atoms with E-state index in [0.717, 1.165) is 33.6 Å². The Morgan fingerprint density at radius 2 is 2.04 bits per heavy atom. The van der Waals surface area contributed by atoms with Crippen molar-refractivity contribution in [1.29, 1.82) is 0 Å². The van der Waals surface area contributed by atoms with Crippen LogP contribution in [-0.2, 0) is 6.54 Å². The Morgan fingerprint density at radius 3 is 2.75 bits per heavy atom. The summed E-state index contributed by atoms with van der Waals surface area (Å²) in [5.41, 5.74) is 3.36. The van der Waals surface area contributed by atoms with E-state index in [4.69, 9.17) is 16.6 Å². The molecule has 0 amide bonds. The molecule has 3 aromatic heterocycles. The van der Waals surface area contributed by atoms with Gasteiger partial charge in [-0.1, -0.05) is 6.07 Å². The van der Waals surface area contributed by atoms with Crippen LogP contribution in [0.25, 0.3) is 27.9 Å². The summed E-state index contributed by atoms with van der Waals surface area (Å²) in [4.78, 5) is 10.3. The van der Waals surface area contributed by atoms with Crippen molar-refractivity contribution >= 4 is 39.9 Å². The third kappa shape index (κ3) is 2.27. The molecule has 1 aromatic carbocycles. The van der Waals surface area contributed by atoms with Crippen LogP contribution in [0.3, 0.4) is 0 Å². The molecule has 6 nitrogen and oxygen atoms in total. The second-order valence-corrected chi connectivity index (χ2v) is 6.58. The number of hydrogen-bond donors (Lipinski definition) is 0. The molecule has 0 saturated carbocycles. The second-order valence-electron chi connectivity index (χ2n) is 5.39. The van der Waals surface area contributed by atoms with Crippen molar-refractivity contribution in [2.75, 3.05) is 6.26 Å². The predicted molar refractivity (Wildman–Crippen MR) is 96.7 cm³/mol. The SMILES string of the molecule is CCn1cc(-c2nc3c4cccc(SC)c4nc(Cl)n3n2)c(C)n1. The molecule has 0 aliphatic carbocycles. The van der Waals surface area contributed by atoms with Gasteiger partial charge in [-0.05, 0) is 43.8 Å². The van der Waals surface area contributed by atoms with E-state index in [1.165, 1.54) is 0 Å². The highest BCUT2D eigenvalue weighted by atomic mass is 35.5. The van der Waals surface area contributed by atoms with E-state index >= 15 is 0 Å². The number of para-hydroxylation sites is 1. The fraction of sp³-hybridized carbons (Fsp3) is 0.250. The van der Waals surface area contributed by atoms with E-state index in [0.29, 0.717) is 16.8 Å². The highest BCUT2D eigenvalue weighted by Crippen LogP contribution is 2.30. The topological polar surface area (TPSA) is 60.9 Å². The molecule has 0 saturated heterocycles. The van der Waals surface area contributed by atoms with E-state index in [1.807, 2.05) is 49.2 Å². The van der Waals surface area contributed by atoms with Crippen molar-refractivity contribution < 1.29 is 0 Å². The molecule has 0 unspecified atom stereocenters. The molecule has 122 valence electrons. The maximum absolute atomic E-state index is 6.36. The van der Waals surface area contributed by atoms with Crippen LogP contribution in [0.1, 0.15) is 12.6 Å². The van der Waals surface area contributed by atoms with Gasteiger partial charge in [0.2, 0.25) is 5.28 Å². The average Bonchev–Trinajstić information content (AvgIpc) is 3.18. The van der Waals surface area contributed by atoms with Gasteiger partial charge in [0.25, 0.3) is 0 Å². The van der Waals surface area contributed by atoms with Crippen molar-refractivity contribution in [1.82, 2.24) is 29.4 Å². The number of aromatic nitrogens is 6. The molecule has 0 spiro atoms. The third-order valence-corrected chi connectivity index (χ3v) is 4.97. The summed E-state index contributed by atoms with van der Waals surface area (Å²) in [5.74, 6) is 0.609. The van der Waals surface area contributed by atoms with Gasteiger partial charge < -0.3 is 0 Å². The fourth-order valence-electron chi connectivity index (χ4n) is 2.75. The molecule has 0 aliphatic rings. The Bertz CT molecular complexity index is 1070. The summed E-state index contributed by atoms with van der Waals surface area (Å²) < 4.78 is 3.46. The van der Waals surface area contributed by atoms with E-state index in [1.54, 1.807) is 16.3 Å². The maximum Gasteiger partial charge on any atom is 0.226 e. The summed E-state index contributed by atoms with van der Waals surface area (Å²) in [6.07, 6.45) is 3.98. The first-order valence-electron chi connectivity index (χ1n) is 7.55. The van der Waals surface area contributed by atoms with Gasteiger partial charge in [-0.25, -0.2) is 9.97 Å². The van der Waals surface area contributed by atoms with Gasteiger partial charge in [0.05, 0.1) is 16.8 Å². The molecule has 0 N–H and O–H groups in total. The van der Waals surface area contributed by atoms with Gasteiger partial charge in [-0.2, -0.15) is 9.61 Å². The van der Waals surface area contributed by atoms with Crippen LogP contribution in [0.4, 0.5) is 0 Å². The second kappa shape index (κ2) is 5.75. The van der Waals surface area contributed by atoms with Gasteiger partial charge in [0, 0.05) is 23.0 Å². The molecule has 0 radical (unpaired) electrons. The van der Waals surface area contributed by atoms with Crippen LogP contribution in [-0.4, -0.2) is 35.6 Å². The molecular formula is C16H15ClN6S. The molecule has 0 aliphatic heterocycles. The standard InChI is InChI=1S/C16H15ClN6S/c1-4-22-8-11(9(2)20-22)14-19-15-10-6-5-7-12(24-3)13(10)18-16(17)23(15)21-14/h5-8H,4H2,1-3H3. The highest BCUT2D eigenvalue weighted by molar-refractivity contribution is 7.98. The molecule has 0 atom stereocenters. The summed E-state index contributed by atoms with van der Waals surface area (Å²) in [5, 5.41) is 10.3. The average molecular weight is 359 g/mol. The Balaban J connectivity index is 2.02. The van der Waals surface area contributed by atoms with Crippen molar-refractivity contribution in [3.63, 3.8) is 0 Å². The molecule has 24 heavy (non-hydrogen) atoms. The lowest BCUT2D eigenvalue weighted by molar-refractivity contribution is 0.653. The fourth-order valence-corrected chi connectivity index (χ4v) is 3.52. The largest absolute Gasteiger partial charge is 0.272 e. The predicted octanol–water partition coefficient (Wildman–Crippen LogP) is 3.84. The molecule has 0 fully saturated rings. The maximum atomic E-state index is 6.36. The smallest absolute Gasteiger partial charge is 0.226 e. The zero-order valence-corrected chi connectivity index (χ0v) is 15.1. The molecule has 0 bridgehead atoms. The van der Waals surface area contributed by atoms with Crippen LogP contribution in [0.5, 0.6) is 0 Å². The van der Waals surface area contributed by atoms with Crippen LogP contribution < -0.4 is 0 Å². The minimum Gasteiger partial charge on any atom is -0.272 e. The first kappa shape index (κ1) is 15.4. The zero-order chi connectivity index (χ0) is 16.8. The Morgan fingerprint density at radius 1 is 1.21 bits per heavy atom. The molecule has 3 heterocycles. The van der Waals surface area contributed by atoms with E-state index in [9.17, 15) is 0 Å². The summed E-state index contributed by atoms with van der Waals surface area (Å²) in [7, 11) is 0.